The van der Waals surface area contributed by atoms with Crippen LogP contribution in [0.2, 0.25) is 5.02 Å². The molecule has 204 valence electrons. The Kier molecular flexibility index (Phi) is 13.1. The molecule has 0 spiro atoms. The second-order valence-corrected chi connectivity index (χ2v) is 9.11. The molecule has 0 bridgehead atoms. The van der Waals surface area contributed by atoms with Gasteiger partial charge in [0.15, 0.2) is 0 Å². The molecule has 0 aliphatic carbocycles. The first-order chi connectivity index (χ1) is 17.6. The summed E-state index contributed by atoms with van der Waals surface area (Å²) < 4.78 is 71.5. The maximum absolute atomic E-state index is 11.9. The molecule has 0 aromatic heterocycles. The number of rotatable bonds is 0. The Hall–Kier alpha value is -3.25. The van der Waals surface area contributed by atoms with Crippen LogP contribution >= 0.6 is 11.6 Å². The van der Waals surface area contributed by atoms with Crippen LogP contribution in [-0.4, -0.2) is 0 Å². The van der Waals surface area contributed by atoms with Crippen molar-refractivity contribution in [1.29, 1.82) is 0 Å². The normalized spacial score (nSPS) is 10.6. The summed E-state index contributed by atoms with van der Waals surface area (Å²) in [6.45, 7) is 9.73. The first-order valence-electron chi connectivity index (χ1n) is 11.6. The zero-order valence-electron chi connectivity index (χ0n) is 21.9. The van der Waals surface area contributed by atoms with Crippen LogP contribution in [0.1, 0.15) is 38.9 Å². The fraction of sp³-hybridized carbons (Fsp3) is 0.226. The molecule has 0 heterocycles. The molecule has 0 saturated carbocycles. The van der Waals surface area contributed by atoms with E-state index in [1.165, 1.54) is 41.0 Å². The summed E-state index contributed by atoms with van der Waals surface area (Å²) in [5, 5.41) is 0.801. The molecular formula is C31H31ClF6. The Morgan fingerprint density at radius 1 is 0.368 bits per heavy atom. The van der Waals surface area contributed by atoms with Crippen molar-refractivity contribution >= 4 is 11.6 Å². The molecule has 4 rings (SSSR count). The minimum absolute atomic E-state index is 0.594. The summed E-state index contributed by atoms with van der Waals surface area (Å²) in [6.07, 6.45) is -8.43. The van der Waals surface area contributed by atoms with Gasteiger partial charge in [-0.15, -0.1) is 0 Å². The van der Waals surface area contributed by atoms with Gasteiger partial charge < -0.3 is 0 Å². The Bertz CT molecular complexity index is 1050. The summed E-state index contributed by atoms with van der Waals surface area (Å²) >= 11 is 5.61. The molecule has 0 atom stereocenters. The van der Waals surface area contributed by atoms with E-state index in [9.17, 15) is 26.3 Å². The van der Waals surface area contributed by atoms with Crippen molar-refractivity contribution in [2.24, 2.45) is 0 Å². The number of hydrogen-bond acceptors (Lipinski definition) is 0. The standard InChI is InChI=1S/2C8H7F3.C8H10.C7H7Cl/c2*1-6-2-4-7(5-3-6)8(9,10)11;1-7-3-5-8(2)6-4-7;1-6-2-4-7(8)5-3-6/h2*2-5H,1H3;3-6H,1-2H3;2-5H,1H3. The molecule has 0 fully saturated rings. The molecule has 0 amide bonds. The van der Waals surface area contributed by atoms with Crippen LogP contribution in [0, 0.1) is 34.6 Å². The van der Waals surface area contributed by atoms with Crippen molar-refractivity contribution in [3.05, 3.63) is 141 Å². The monoisotopic (exact) mass is 552 g/mol. The Morgan fingerprint density at radius 3 is 0.737 bits per heavy atom. The van der Waals surface area contributed by atoms with Crippen molar-refractivity contribution in [2.75, 3.05) is 0 Å². The highest BCUT2D eigenvalue weighted by Crippen LogP contribution is 2.29. The lowest BCUT2D eigenvalue weighted by atomic mass is 10.1. The van der Waals surface area contributed by atoms with E-state index >= 15 is 0 Å². The Labute approximate surface area is 225 Å². The van der Waals surface area contributed by atoms with Crippen molar-refractivity contribution in [2.45, 2.75) is 47.0 Å². The van der Waals surface area contributed by atoms with E-state index < -0.39 is 23.5 Å². The maximum atomic E-state index is 11.9. The van der Waals surface area contributed by atoms with Gasteiger partial charge in [0.25, 0.3) is 0 Å². The molecular weight excluding hydrogens is 522 g/mol. The van der Waals surface area contributed by atoms with Gasteiger partial charge in [-0.05, 0) is 71.0 Å². The van der Waals surface area contributed by atoms with Crippen LogP contribution in [0.15, 0.2) is 97.1 Å². The van der Waals surface area contributed by atoms with E-state index in [4.69, 9.17) is 11.6 Å². The summed E-state index contributed by atoms with van der Waals surface area (Å²) in [5.41, 5.74) is 4.38. The van der Waals surface area contributed by atoms with Gasteiger partial charge in [-0.2, -0.15) is 26.3 Å². The van der Waals surface area contributed by atoms with Crippen molar-refractivity contribution in [1.82, 2.24) is 0 Å². The van der Waals surface area contributed by atoms with Gasteiger partial charge in [0.2, 0.25) is 0 Å². The second kappa shape index (κ2) is 15.2. The zero-order chi connectivity index (χ0) is 28.9. The molecule has 0 aliphatic rings. The van der Waals surface area contributed by atoms with E-state index in [1.807, 2.05) is 31.2 Å². The van der Waals surface area contributed by atoms with E-state index in [1.54, 1.807) is 13.8 Å². The smallest absolute Gasteiger partial charge is 0.166 e. The van der Waals surface area contributed by atoms with Crippen LogP contribution in [0.3, 0.4) is 0 Å². The average molecular weight is 553 g/mol. The van der Waals surface area contributed by atoms with Gasteiger partial charge in [-0.1, -0.05) is 100 Å². The number of aryl methyl sites for hydroxylation is 5. The first-order valence-corrected chi connectivity index (χ1v) is 12.0. The maximum Gasteiger partial charge on any atom is 0.416 e. The topological polar surface area (TPSA) is 0 Å². The summed E-state index contributed by atoms with van der Waals surface area (Å²) in [4.78, 5) is 0. The molecule has 0 saturated heterocycles. The fourth-order valence-electron chi connectivity index (χ4n) is 2.66. The second-order valence-electron chi connectivity index (χ2n) is 8.68. The molecule has 0 aliphatic heterocycles. The Morgan fingerprint density at radius 2 is 0.553 bits per heavy atom. The largest absolute Gasteiger partial charge is 0.416 e. The minimum atomic E-state index is -4.21. The molecule has 7 heteroatoms. The van der Waals surface area contributed by atoms with E-state index in [0.29, 0.717) is 0 Å². The quantitative estimate of drug-likeness (QED) is 0.190. The van der Waals surface area contributed by atoms with Gasteiger partial charge in [-0.3, -0.25) is 0 Å². The molecule has 0 unspecified atom stereocenters. The number of halogens is 7. The number of alkyl halides is 6. The van der Waals surface area contributed by atoms with Crippen molar-refractivity contribution in [3.63, 3.8) is 0 Å². The average Bonchev–Trinajstić information content (AvgIpc) is 2.83. The summed E-state index contributed by atoms with van der Waals surface area (Å²) in [7, 11) is 0. The van der Waals surface area contributed by atoms with Crippen LogP contribution in [0.5, 0.6) is 0 Å². The third-order valence-corrected chi connectivity index (χ3v) is 5.24. The molecule has 4 aromatic rings. The summed E-state index contributed by atoms with van der Waals surface area (Å²) in [6, 6.07) is 26.3. The molecule has 38 heavy (non-hydrogen) atoms. The van der Waals surface area contributed by atoms with E-state index in [-0.39, 0.29) is 0 Å². The van der Waals surface area contributed by atoms with Gasteiger partial charge >= 0.3 is 12.4 Å². The van der Waals surface area contributed by atoms with Crippen LogP contribution in [0.25, 0.3) is 0 Å². The minimum Gasteiger partial charge on any atom is -0.166 e. The SMILES string of the molecule is Cc1ccc(C(F)(F)F)cc1.Cc1ccc(C(F)(F)F)cc1.Cc1ccc(C)cc1.Cc1ccc(Cl)cc1. The predicted octanol–water partition coefficient (Wildman–Crippen LogP) is 11.0. The number of hydrogen-bond donors (Lipinski definition) is 0. The zero-order valence-corrected chi connectivity index (χ0v) is 22.6. The third-order valence-electron chi connectivity index (χ3n) is 4.99. The highest BCUT2D eigenvalue weighted by atomic mass is 35.5. The predicted molar refractivity (Wildman–Crippen MR) is 144 cm³/mol. The lowest BCUT2D eigenvalue weighted by Crippen LogP contribution is -2.03. The van der Waals surface area contributed by atoms with E-state index in [2.05, 4.69) is 38.1 Å². The van der Waals surface area contributed by atoms with Crippen molar-refractivity contribution in [3.8, 4) is 0 Å². The van der Waals surface area contributed by atoms with Crippen LogP contribution in [0.4, 0.5) is 26.3 Å². The van der Waals surface area contributed by atoms with E-state index in [0.717, 1.165) is 40.4 Å². The number of benzene rings is 4. The van der Waals surface area contributed by atoms with Gasteiger partial charge in [0.1, 0.15) is 0 Å². The highest BCUT2D eigenvalue weighted by Gasteiger charge is 2.30. The van der Waals surface area contributed by atoms with Crippen molar-refractivity contribution < 1.29 is 26.3 Å². The third kappa shape index (κ3) is 13.9. The van der Waals surface area contributed by atoms with Gasteiger partial charge in [0, 0.05) is 5.02 Å². The molecule has 4 aromatic carbocycles. The lowest BCUT2D eigenvalue weighted by Gasteiger charge is -2.05. The first kappa shape index (κ1) is 32.8. The van der Waals surface area contributed by atoms with Gasteiger partial charge in [0.05, 0.1) is 11.1 Å². The lowest BCUT2D eigenvalue weighted by molar-refractivity contribution is -0.138. The molecule has 0 nitrogen and oxygen atoms in total. The Balaban J connectivity index is 0.000000256. The van der Waals surface area contributed by atoms with Gasteiger partial charge in [-0.25, -0.2) is 0 Å². The fourth-order valence-corrected chi connectivity index (χ4v) is 2.78. The molecule has 0 N–H and O–H groups in total. The summed E-state index contributed by atoms with van der Waals surface area (Å²) in [5.74, 6) is 0. The van der Waals surface area contributed by atoms with Crippen LogP contribution < -0.4 is 0 Å². The van der Waals surface area contributed by atoms with Crippen LogP contribution in [-0.2, 0) is 12.4 Å². The molecule has 0 radical (unpaired) electrons. The highest BCUT2D eigenvalue weighted by molar-refractivity contribution is 6.30.